The first-order valence-corrected chi connectivity index (χ1v) is 11.7. The van der Waals surface area contributed by atoms with Gasteiger partial charge >= 0.3 is 0 Å². The van der Waals surface area contributed by atoms with Gasteiger partial charge in [0.1, 0.15) is 5.75 Å². The van der Waals surface area contributed by atoms with Crippen molar-refractivity contribution in [1.29, 1.82) is 0 Å². The highest BCUT2D eigenvalue weighted by molar-refractivity contribution is 7.91. The lowest BCUT2D eigenvalue weighted by Gasteiger charge is -2.27. The molecule has 1 saturated heterocycles. The van der Waals surface area contributed by atoms with Crippen molar-refractivity contribution in [1.82, 2.24) is 4.90 Å². The molecule has 5 nitrogen and oxygen atoms in total. The molecule has 29 heavy (non-hydrogen) atoms. The van der Waals surface area contributed by atoms with Crippen molar-refractivity contribution in [3.8, 4) is 5.75 Å². The highest BCUT2D eigenvalue weighted by Crippen LogP contribution is 2.22. The van der Waals surface area contributed by atoms with E-state index in [1.165, 1.54) is 6.08 Å². The standard InChI is InChI=1S/C23H27NO4S/c1-3-28-22-11-8-20(9-12-22)16-24(21-14-15-29(26,27)17-21)23(25)13-10-19-6-4-18(2)5-7-19/h4-13,21H,3,14-17H2,1-2H3/b13-10+. The zero-order valence-corrected chi connectivity index (χ0v) is 17.7. The molecule has 1 fully saturated rings. The third-order valence-electron chi connectivity index (χ3n) is 5.02. The fraction of sp³-hybridized carbons (Fsp3) is 0.348. The SMILES string of the molecule is CCOc1ccc(CN(C(=O)/C=C/c2ccc(C)cc2)C2CCS(=O)(=O)C2)cc1. The Morgan fingerprint density at radius 1 is 1.14 bits per heavy atom. The summed E-state index contributed by atoms with van der Waals surface area (Å²) in [4.78, 5) is 14.6. The molecule has 0 spiro atoms. The number of ether oxygens (including phenoxy) is 1. The van der Waals surface area contributed by atoms with Crippen molar-refractivity contribution in [2.75, 3.05) is 18.1 Å². The molecule has 1 aliphatic heterocycles. The van der Waals surface area contributed by atoms with E-state index in [4.69, 9.17) is 4.74 Å². The largest absolute Gasteiger partial charge is 0.494 e. The molecule has 0 saturated carbocycles. The normalized spacial score (nSPS) is 18.1. The van der Waals surface area contributed by atoms with Crippen LogP contribution < -0.4 is 4.74 Å². The van der Waals surface area contributed by atoms with Crippen LogP contribution in [0.4, 0.5) is 0 Å². The quantitative estimate of drug-likeness (QED) is 0.651. The lowest BCUT2D eigenvalue weighted by Crippen LogP contribution is -2.39. The summed E-state index contributed by atoms with van der Waals surface area (Å²) in [6, 6.07) is 15.2. The molecule has 1 aliphatic rings. The molecule has 1 unspecified atom stereocenters. The summed E-state index contributed by atoms with van der Waals surface area (Å²) < 4.78 is 29.4. The lowest BCUT2D eigenvalue weighted by molar-refractivity contribution is -0.128. The molecule has 0 N–H and O–H groups in total. The molecule has 154 valence electrons. The van der Waals surface area contributed by atoms with Crippen LogP contribution in [0.15, 0.2) is 54.6 Å². The molecule has 1 amide bonds. The fourth-order valence-corrected chi connectivity index (χ4v) is 5.13. The Kier molecular flexibility index (Phi) is 6.75. The summed E-state index contributed by atoms with van der Waals surface area (Å²) in [7, 11) is -3.09. The van der Waals surface area contributed by atoms with E-state index < -0.39 is 9.84 Å². The lowest BCUT2D eigenvalue weighted by atomic mass is 10.1. The summed E-state index contributed by atoms with van der Waals surface area (Å²) in [6.45, 7) is 4.89. The van der Waals surface area contributed by atoms with Gasteiger partial charge in [0, 0.05) is 18.7 Å². The number of sulfone groups is 1. The number of amides is 1. The van der Waals surface area contributed by atoms with E-state index in [0.29, 0.717) is 19.6 Å². The van der Waals surface area contributed by atoms with Gasteiger partial charge in [0.15, 0.2) is 9.84 Å². The number of rotatable bonds is 7. The Balaban J connectivity index is 1.78. The summed E-state index contributed by atoms with van der Waals surface area (Å²) >= 11 is 0. The highest BCUT2D eigenvalue weighted by atomic mass is 32.2. The van der Waals surface area contributed by atoms with Crippen LogP contribution in [0.3, 0.4) is 0 Å². The van der Waals surface area contributed by atoms with Gasteiger partial charge in [-0.1, -0.05) is 42.0 Å². The second-order valence-electron chi connectivity index (χ2n) is 7.34. The average Bonchev–Trinajstić information content (AvgIpc) is 3.06. The molecule has 0 bridgehead atoms. The predicted octanol–water partition coefficient (Wildman–Crippen LogP) is 3.62. The molecule has 3 rings (SSSR count). The van der Waals surface area contributed by atoms with E-state index in [1.54, 1.807) is 11.0 Å². The Labute approximate surface area is 172 Å². The number of aryl methyl sites for hydroxylation is 1. The summed E-state index contributed by atoms with van der Waals surface area (Å²) in [6.07, 6.45) is 3.78. The monoisotopic (exact) mass is 413 g/mol. The summed E-state index contributed by atoms with van der Waals surface area (Å²) in [5.41, 5.74) is 3.03. The van der Waals surface area contributed by atoms with E-state index in [9.17, 15) is 13.2 Å². The maximum absolute atomic E-state index is 13.0. The Morgan fingerprint density at radius 3 is 2.41 bits per heavy atom. The number of nitrogens with zero attached hydrogens (tertiary/aromatic N) is 1. The molecule has 2 aromatic carbocycles. The smallest absolute Gasteiger partial charge is 0.247 e. The fourth-order valence-electron chi connectivity index (χ4n) is 3.40. The topological polar surface area (TPSA) is 63.7 Å². The van der Waals surface area contributed by atoms with Crippen molar-refractivity contribution in [2.45, 2.75) is 32.9 Å². The van der Waals surface area contributed by atoms with Crippen molar-refractivity contribution >= 4 is 21.8 Å². The van der Waals surface area contributed by atoms with Crippen LogP contribution >= 0.6 is 0 Å². The van der Waals surface area contributed by atoms with Crippen LogP contribution in [0.25, 0.3) is 6.08 Å². The summed E-state index contributed by atoms with van der Waals surface area (Å²) in [5.74, 6) is 0.749. The maximum atomic E-state index is 13.0. The Morgan fingerprint density at radius 2 is 1.83 bits per heavy atom. The second kappa shape index (κ2) is 9.27. The van der Waals surface area contributed by atoms with E-state index in [0.717, 1.165) is 22.4 Å². The minimum Gasteiger partial charge on any atom is -0.494 e. The van der Waals surface area contributed by atoms with Crippen LogP contribution in [0.1, 0.15) is 30.0 Å². The van der Waals surface area contributed by atoms with Crippen LogP contribution in [-0.2, 0) is 21.2 Å². The zero-order chi connectivity index (χ0) is 20.9. The molecular weight excluding hydrogens is 386 g/mol. The molecule has 0 radical (unpaired) electrons. The van der Waals surface area contributed by atoms with Gasteiger partial charge in [-0.15, -0.1) is 0 Å². The van der Waals surface area contributed by atoms with Gasteiger partial charge in [0.05, 0.1) is 18.1 Å². The Hall–Kier alpha value is -2.60. The van der Waals surface area contributed by atoms with Gasteiger partial charge in [-0.2, -0.15) is 0 Å². The van der Waals surface area contributed by atoms with Gasteiger partial charge in [-0.25, -0.2) is 8.42 Å². The van der Waals surface area contributed by atoms with Crippen LogP contribution in [-0.4, -0.2) is 43.4 Å². The first-order chi connectivity index (χ1) is 13.9. The number of carbonyl (C=O) groups excluding carboxylic acids is 1. The van der Waals surface area contributed by atoms with Gasteiger partial charge in [-0.3, -0.25) is 4.79 Å². The zero-order valence-electron chi connectivity index (χ0n) is 16.9. The number of hydrogen-bond donors (Lipinski definition) is 0. The number of benzene rings is 2. The first-order valence-electron chi connectivity index (χ1n) is 9.84. The first kappa shape index (κ1) is 21.1. The molecule has 6 heteroatoms. The van der Waals surface area contributed by atoms with Crippen LogP contribution in [0.2, 0.25) is 0 Å². The molecule has 1 atom stereocenters. The van der Waals surface area contributed by atoms with Crippen LogP contribution in [0.5, 0.6) is 5.75 Å². The summed E-state index contributed by atoms with van der Waals surface area (Å²) in [5, 5.41) is 0. The number of carbonyl (C=O) groups is 1. The van der Waals surface area contributed by atoms with Crippen LogP contribution in [0, 0.1) is 6.92 Å². The molecule has 0 aliphatic carbocycles. The van der Waals surface area contributed by atoms with Gasteiger partial charge in [-0.05, 0) is 49.6 Å². The molecule has 1 heterocycles. The van der Waals surface area contributed by atoms with E-state index >= 15 is 0 Å². The van der Waals surface area contributed by atoms with Gasteiger partial charge in [0.25, 0.3) is 0 Å². The molecule has 2 aromatic rings. The predicted molar refractivity (Wildman–Crippen MR) is 115 cm³/mol. The van der Waals surface area contributed by atoms with E-state index in [2.05, 4.69) is 0 Å². The van der Waals surface area contributed by atoms with Crippen molar-refractivity contribution in [3.05, 3.63) is 71.3 Å². The van der Waals surface area contributed by atoms with Gasteiger partial charge in [0.2, 0.25) is 5.91 Å². The third kappa shape index (κ3) is 5.94. The second-order valence-corrected chi connectivity index (χ2v) is 9.57. The van der Waals surface area contributed by atoms with E-state index in [1.807, 2.05) is 62.4 Å². The molecular formula is C23H27NO4S. The average molecular weight is 414 g/mol. The van der Waals surface area contributed by atoms with E-state index in [-0.39, 0.29) is 23.5 Å². The van der Waals surface area contributed by atoms with Crippen molar-refractivity contribution in [3.63, 3.8) is 0 Å². The minimum atomic E-state index is -3.09. The Bertz CT molecular complexity index is 963. The number of hydrogen-bond acceptors (Lipinski definition) is 4. The van der Waals surface area contributed by atoms with Crippen molar-refractivity contribution < 1.29 is 17.9 Å². The minimum absolute atomic E-state index is 0.0220. The van der Waals surface area contributed by atoms with Crippen molar-refractivity contribution in [2.24, 2.45) is 0 Å². The van der Waals surface area contributed by atoms with Gasteiger partial charge < -0.3 is 9.64 Å². The highest BCUT2D eigenvalue weighted by Gasteiger charge is 2.34. The third-order valence-corrected chi connectivity index (χ3v) is 6.77. The maximum Gasteiger partial charge on any atom is 0.247 e. The molecule has 0 aromatic heterocycles.